The van der Waals surface area contributed by atoms with E-state index in [1.165, 1.54) is 6.92 Å². The molecule has 3 atom stereocenters. The average Bonchev–Trinajstić information content (AvgIpc) is 3.15. The van der Waals surface area contributed by atoms with Crippen LogP contribution in [0.4, 0.5) is 4.79 Å². The van der Waals surface area contributed by atoms with Gasteiger partial charge in [0.15, 0.2) is 9.84 Å². The van der Waals surface area contributed by atoms with Gasteiger partial charge in [0.1, 0.15) is 22.7 Å². The quantitative estimate of drug-likeness (QED) is 0.807. The number of amides is 1. The van der Waals surface area contributed by atoms with E-state index in [4.69, 9.17) is 4.74 Å². The number of rotatable bonds is 5. The van der Waals surface area contributed by atoms with Gasteiger partial charge in [0.2, 0.25) is 0 Å². The zero-order valence-electron chi connectivity index (χ0n) is 15.2. The molecule has 0 saturated heterocycles. The zero-order valence-corrected chi connectivity index (χ0v) is 16.0. The van der Waals surface area contributed by atoms with Gasteiger partial charge in [0, 0.05) is 11.7 Å². The lowest BCUT2D eigenvalue weighted by molar-refractivity contribution is -0.110. The molecule has 1 aromatic carbocycles. The number of hydrogen-bond donors (Lipinski definition) is 1. The van der Waals surface area contributed by atoms with Crippen LogP contribution in [0.25, 0.3) is 0 Å². The summed E-state index contributed by atoms with van der Waals surface area (Å²) in [5.74, 6) is -0.728. The Bertz CT molecular complexity index is 764. The van der Waals surface area contributed by atoms with Crippen molar-refractivity contribution in [1.82, 2.24) is 5.32 Å². The number of aryl methyl sites for hydroxylation is 1. The lowest BCUT2D eigenvalue weighted by Crippen LogP contribution is -2.45. The lowest BCUT2D eigenvalue weighted by atomic mass is 10.1. The normalized spacial score (nSPS) is 26.0. The zero-order chi connectivity index (χ0) is 19.0. The summed E-state index contributed by atoms with van der Waals surface area (Å²) in [5, 5.41) is 1.53. The highest BCUT2D eigenvalue weighted by atomic mass is 32.2. The first-order valence-corrected chi connectivity index (χ1v) is 9.94. The molecule has 1 aromatic rings. The second-order valence-electron chi connectivity index (χ2n) is 7.44. The molecule has 25 heavy (non-hydrogen) atoms. The maximum Gasteiger partial charge on any atom is 0.408 e. The second-order valence-corrected chi connectivity index (χ2v) is 9.85. The van der Waals surface area contributed by atoms with E-state index in [2.05, 4.69) is 5.32 Å². The van der Waals surface area contributed by atoms with Gasteiger partial charge in [-0.1, -0.05) is 36.8 Å². The van der Waals surface area contributed by atoms with Gasteiger partial charge in [-0.05, 0) is 33.3 Å². The van der Waals surface area contributed by atoms with Gasteiger partial charge < -0.3 is 14.8 Å². The maximum absolute atomic E-state index is 12.5. The first kappa shape index (κ1) is 19.4. The van der Waals surface area contributed by atoms with Crippen LogP contribution in [-0.4, -0.2) is 42.9 Å². The van der Waals surface area contributed by atoms with Crippen LogP contribution in [-0.2, 0) is 19.4 Å². The number of alkyl carbamates (subject to hydrolysis) is 1. The molecule has 0 bridgehead atoms. The Labute approximate surface area is 148 Å². The lowest BCUT2D eigenvalue weighted by Gasteiger charge is -2.22. The van der Waals surface area contributed by atoms with E-state index >= 15 is 0 Å². The van der Waals surface area contributed by atoms with Gasteiger partial charge in [-0.25, -0.2) is 13.2 Å². The molecule has 7 heteroatoms. The summed E-state index contributed by atoms with van der Waals surface area (Å²) in [6, 6.07) is 7.29. The number of sulfone groups is 1. The highest BCUT2D eigenvalue weighted by molar-refractivity contribution is 7.92. The minimum absolute atomic E-state index is 0.106. The number of carbonyl (C=O) groups excluding carboxylic acids is 2. The molecule has 6 nitrogen and oxygen atoms in total. The number of aldehydes is 1. The summed E-state index contributed by atoms with van der Waals surface area (Å²) in [6.45, 7) is 8.55. The summed E-state index contributed by atoms with van der Waals surface area (Å²) in [4.78, 5) is 24.1. The van der Waals surface area contributed by atoms with Gasteiger partial charge in [0.05, 0.1) is 0 Å². The van der Waals surface area contributed by atoms with Crippen molar-refractivity contribution in [2.75, 3.05) is 5.75 Å². The molecule has 2 rings (SSSR count). The number of hydrogen-bond acceptors (Lipinski definition) is 5. The molecule has 1 saturated carbocycles. The topological polar surface area (TPSA) is 89.5 Å². The Kier molecular flexibility index (Phi) is 5.01. The van der Waals surface area contributed by atoms with Crippen molar-refractivity contribution >= 4 is 22.2 Å². The van der Waals surface area contributed by atoms with Crippen LogP contribution < -0.4 is 5.32 Å². The van der Waals surface area contributed by atoms with Crippen LogP contribution >= 0.6 is 0 Å². The first-order chi connectivity index (χ1) is 11.5. The van der Waals surface area contributed by atoms with E-state index in [9.17, 15) is 18.0 Å². The van der Waals surface area contributed by atoms with Crippen molar-refractivity contribution < 1.29 is 22.7 Å². The molecule has 1 aliphatic rings. The average molecular weight is 367 g/mol. The van der Waals surface area contributed by atoms with Crippen molar-refractivity contribution in [1.29, 1.82) is 0 Å². The number of ether oxygens (including phenoxy) is 1. The van der Waals surface area contributed by atoms with Gasteiger partial charge in [-0.3, -0.25) is 0 Å². The van der Waals surface area contributed by atoms with Gasteiger partial charge in [-0.15, -0.1) is 0 Å². The largest absolute Gasteiger partial charge is 0.444 e. The Morgan fingerprint density at radius 3 is 2.28 bits per heavy atom. The van der Waals surface area contributed by atoms with Crippen molar-refractivity contribution in [2.24, 2.45) is 0 Å². The van der Waals surface area contributed by atoms with E-state index < -0.39 is 38.2 Å². The summed E-state index contributed by atoms with van der Waals surface area (Å²) >= 11 is 0. The fourth-order valence-electron chi connectivity index (χ4n) is 3.08. The van der Waals surface area contributed by atoms with Crippen LogP contribution in [0.15, 0.2) is 24.3 Å². The SMILES string of the molecule is CCS(=O)(=O)[C@@H]1[C@@H](c2ccc(C)cc2)[C@]1(C=O)NC(=O)OC(C)(C)C. The molecule has 1 aliphatic carbocycles. The van der Waals surface area contributed by atoms with Crippen LogP contribution in [0.5, 0.6) is 0 Å². The van der Waals surface area contributed by atoms with Crippen molar-refractivity contribution in [3.63, 3.8) is 0 Å². The molecule has 0 heterocycles. The van der Waals surface area contributed by atoms with Gasteiger partial charge in [0.25, 0.3) is 0 Å². The van der Waals surface area contributed by atoms with E-state index in [-0.39, 0.29) is 5.75 Å². The molecule has 0 unspecified atom stereocenters. The molecule has 1 N–H and O–H groups in total. The summed E-state index contributed by atoms with van der Waals surface area (Å²) < 4.78 is 30.2. The molecule has 0 aliphatic heterocycles. The van der Waals surface area contributed by atoms with Crippen LogP contribution in [0.3, 0.4) is 0 Å². The minimum Gasteiger partial charge on any atom is -0.444 e. The molecule has 0 spiro atoms. The molecule has 138 valence electrons. The van der Waals surface area contributed by atoms with Gasteiger partial charge in [-0.2, -0.15) is 0 Å². The Hall–Kier alpha value is -1.89. The number of benzene rings is 1. The van der Waals surface area contributed by atoms with E-state index in [0.717, 1.165) is 5.56 Å². The molecule has 1 fully saturated rings. The molecule has 0 aromatic heterocycles. The van der Waals surface area contributed by atoms with Crippen molar-refractivity contribution in [3.8, 4) is 0 Å². The standard InChI is InChI=1S/C18H25NO5S/c1-6-25(22,23)15-14(13-9-7-12(2)8-10-13)18(15,11-20)19-16(21)24-17(3,4)5/h7-11,14-15H,6H2,1-5H3,(H,19,21)/t14-,15-,18+/m1/s1. The Balaban J connectivity index is 2.40. The molecule has 1 amide bonds. The predicted molar refractivity (Wildman–Crippen MR) is 95.3 cm³/mol. The highest BCUT2D eigenvalue weighted by Gasteiger charge is 2.72. The minimum atomic E-state index is -3.54. The Morgan fingerprint density at radius 2 is 1.84 bits per heavy atom. The summed E-state index contributed by atoms with van der Waals surface area (Å²) in [6.07, 6.45) is -0.273. The fraction of sp³-hybridized carbons (Fsp3) is 0.556. The molecular formula is C18H25NO5S. The third kappa shape index (κ3) is 3.86. The highest BCUT2D eigenvalue weighted by Crippen LogP contribution is 2.55. The van der Waals surface area contributed by atoms with Crippen molar-refractivity contribution in [3.05, 3.63) is 35.4 Å². The van der Waals surface area contributed by atoms with E-state index in [1.54, 1.807) is 32.9 Å². The maximum atomic E-state index is 12.5. The third-order valence-corrected chi connectivity index (χ3v) is 6.56. The molecule has 0 radical (unpaired) electrons. The van der Waals surface area contributed by atoms with Crippen LogP contribution in [0, 0.1) is 6.92 Å². The predicted octanol–water partition coefficient (Wildman–Crippen LogP) is 2.36. The van der Waals surface area contributed by atoms with Gasteiger partial charge >= 0.3 is 6.09 Å². The van der Waals surface area contributed by atoms with E-state index in [1.807, 2.05) is 19.1 Å². The smallest absolute Gasteiger partial charge is 0.408 e. The van der Waals surface area contributed by atoms with Crippen LogP contribution in [0.1, 0.15) is 44.7 Å². The summed E-state index contributed by atoms with van der Waals surface area (Å²) in [5.41, 5.74) is -0.513. The van der Waals surface area contributed by atoms with Crippen LogP contribution in [0.2, 0.25) is 0 Å². The van der Waals surface area contributed by atoms with E-state index in [0.29, 0.717) is 11.8 Å². The third-order valence-electron chi connectivity index (χ3n) is 4.32. The second kappa shape index (κ2) is 6.44. The number of nitrogens with one attached hydrogen (secondary N) is 1. The first-order valence-electron chi connectivity index (χ1n) is 8.22. The summed E-state index contributed by atoms with van der Waals surface area (Å²) in [7, 11) is -3.54. The van der Waals surface area contributed by atoms with Crippen molar-refractivity contribution in [2.45, 2.75) is 56.9 Å². The monoisotopic (exact) mass is 367 g/mol. The molecular weight excluding hydrogens is 342 g/mol. The Morgan fingerprint density at radius 1 is 1.28 bits per heavy atom. The fourth-order valence-corrected chi connectivity index (χ4v) is 5.01. The number of carbonyl (C=O) groups is 2.